The molecule has 80 valence electrons. The second-order valence-electron chi connectivity index (χ2n) is 2.35. The van der Waals surface area contributed by atoms with Crippen molar-refractivity contribution in [3.63, 3.8) is 0 Å². The van der Waals surface area contributed by atoms with Crippen LogP contribution in [-0.4, -0.2) is 39.5 Å². The number of nitrogens with one attached hydrogen (secondary N) is 1. The molecule has 8 heteroatoms. The fourth-order valence-corrected chi connectivity index (χ4v) is 2.34. The maximum absolute atomic E-state index is 10.9. The van der Waals surface area contributed by atoms with E-state index in [1.54, 1.807) is 0 Å². The molecule has 0 rings (SSSR count). The molecule has 0 unspecified atom stereocenters. The molecule has 0 aliphatic heterocycles. The van der Waals surface area contributed by atoms with Crippen molar-refractivity contribution in [2.75, 3.05) is 22.7 Å². The van der Waals surface area contributed by atoms with E-state index < -0.39 is 19.9 Å². The highest BCUT2D eigenvalue weighted by atomic mass is 79.9. The van der Waals surface area contributed by atoms with Crippen molar-refractivity contribution in [3.8, 4) is 0 Å². The van der Waals surface area contributed by atoms with Crippen LogP contribution in [0.1, 0.15) is 6.92 Å². The zero-order valence-electron chi connectivity index (χ0n) is 7.16. The van der Waals surface area contributed by atoms with E-state index in [-0.39, 0.29) is 22.7 Å². The Morgan fingerprint density at radius 3 is 2.15 bits per heavy atom. The van der Waals surface area contributed by atoms with Gasteiger partial charge in [-0.2, -0.15) is 0 Å². The van der Waals surface area contributed by atoms with Crippen molar-refractivity contribution in [3.05, 3.63) is 0 Å². The maximum atomic E-state index is 10.9. The van der Waals surface area contributed by atoms with Crippen molar-refractivity contribution in [2.24, 2.45) is 0 Å². The van der Waals surface area contributed by atoms with Crippen LogP contribution < -0.4 is 4.72 Å². The van der Waals surface area contributed by atoms with Gasteiger partial charge in [-0.05, 0) is 0 Å². The summed E-state index contributed by atoms with van der Waals surface area (Å²) >= 11 is 2.77. The van der Waals surface area contributed by atoms with Crippen molar-refractivity contribution in [1.29, 1.82) is 0 Å². The van der Waals surface area contributed by atoms with Gasteiger partial charge in [0.05, 0.1) is 5.75 Å². The highest BCUT2D eigenvalue weighted by Gasteiger charge is 2.10. The van der Waals surface area contributed by atoms with E-state index in [4.69, 9.17) is 0 Å². The second kappa shape index (κ2) is 5.28. The van der Waals surface area contributed by atoms with E-state index in [9.17, 15) is 16.8 Å². The van der Waals surface area contributed by atoms with Gasteiger partial charge >= 0.3 is 0 Å². The minimum Gasteiger partial charge on any atom is -0.229 e. The van der Waals surface area contributed by atoms with Gasteiger partial charge in [0, 0.05) is 12.3 Å². The van der Waals surface area contributed by atoms with Crippen molar-refractivity contribution in [2.45, 2.75) is 6.92 Å². The Kier molecular flexibility index (Phi) is 5.42. The first kappa shape index (κ1) is 13.3. The molecule has 0 radical (unpaired) electrons. The highest BCUT2D eigenvalue weighted by Crippen LogP contribution is 1.92. The largest absolute Gasteiger partial charge is 0.229 e. The number of hydrogen-bond acceptors (Lipinski definition) is 4. The van der Waals surface area contributed by atoms with Crippen LogP contribution in [0.25, 0.3) is 0 Å². The molecule has 0 amide bonds. The van der Waals surface area contributed by atoms with Crippen LogP contribution in [0.15, 0.2) is 0 Å². The second-order valence-corrected chi connectivity index (χ2v) is 7.94. The summed E-state index contributed by atoms with van der Waals surface area (Å²) < 4.78 is 45.4. The van der Waals surface area contributed by atoms with Gasteiger partial charge in [-0.3, -0.25) is 0 Å². The zero-order valence-corrected chi connectivity index (χ0v) is 10.4. The van der Waals surface area contributed by atoms with E-state index in [2.05, 4.69) is 20.7 Å². The Labute approximate surface area is 87.0 Å². The molecule has 0 heterocycles. The van der Waals surface area contributed by atoms with Crippen molar-refractivity contribution < 1.29 is 16.8 Å². The molecule has 0 saturated carbocycles. The summed E-state index contributed by atoms with van der Waals surface area (Å²) in [5.74, 6) is -0.126. The van der Waals surface area contributed by atoms with Crippen LogP contribution in [0.2, 0.25) is 0 Å². The number of hydrogen-bond donors (Lipinski definition) is 1. The fourth-order valence-electron chi connectivity index (χ4n) is 0.536. The molecule has 0 aromatic heterocycles. The summed E-state index contributed by atoms with van der Waals surface area (Å²) in [6.07, 6.45) is 0. The Morgan fingerprint density at radius 1 is 1.23 bits per heavy atom. The first-order valence-electron chi connectivity index (χ1n) is 3.56. The molecule has 0 atom stereocenters. The zero-order chi connectivity index (χ0) is 10.5. The van der Waals surface area contributed by atoms with Crippen LogP contribution in [-0.2, 0) is 19.9 Å². The summed E-state index contributed by atoms with van der Waals surface area (Å²) in [5, 5.41) is 0. The number of sulfone groups is 1. The molecule has 0 aromatic rings. The summed E-state index contributed by atoms with van der Waals surface area (Å²) in [7, 11) is -6.44. The lowest BCUT2D eigenvalue weighted by atomic mass is 10.8. The predicted molar refractivity (Wildman–Crippen MR) is 55.0 cm³/mol. The Balaban J connectivity index is 3.96. The van der Waals surface area contributed by atoms with Gasteiger partial charge < -0.3 is 0 Å². The van der Waals surface area contributed by atoms with Crippen molar-refractivity contribution in [1.82, 2.24) is 4.72 Å². The molecule has 0 spiro atoms. The third kappa shape index (κ3) is 6.42. The van der Waals surface area contributed by atoms with Crippen LogP contribution in [0.5, 0.6) is 0 Å². The number of sulfonamides is 1. The SMILES string of the molecule is CCS(=O)(=O)CCNS(=O)(=O)CBr. The van der Waals surface area contributed by atoms with E-state index >= 15 is 0 Å². The molecule has 5 nitrogen and oxygen atoms in total. The summed E-state index contributed by atoms with van der Waals surface area (Å²) in [5.41, 5.74) is 0. The molecule has 0 aliphatic rings. The molecule has 0 fully saturated rings. The maximum Gasteiger partial charge on any atom is 0.221 e. The normalized spacial score (nSPS) is 13.1. The van der Waals surface area contributed by atoms with E-state index in [0.29, 0.717) is 0 Å². The van der Waals surface area contributed by atoms with Gasteiger partial charge in [-0.1, -0.05) is 22.9 Å². The first-order valence-corrected chi connectivity index (χ1v) is 8.16. The summed E-state index contributed by atoms with van der Waals surface area (Å²) in [6.45, 7) is 1.46. The fraction of sp³-hybridized carbons (Fsp3) is 1.00. The van der Waals surface area contributed by atoms with E-state index in [1.807, 2.05) is 0 Å². The smallest absolute Gasteiger partial charge is 0.221 e. The summed E-state index contributed by atoms with van der Waals surface area (Å²) in [4.78, 5) is 0. The minimum atomic E-state index is -3.35. The molecule has 0 aliphatic carbocycles. The highest BCUT2D eigenvalue weighted by molar-refractivity contribution is 9.10. The Morgan fingerprint density at radius 2 is 1.77 bits per heavy atom. The number of rotatable bonds is 6. The number of halogens is 1. The van der Waals surface area contributed by atoms with Gasteiger partial charge in [-0.25, -0.2) is 21.6 Å². The first-order chi connectivity index (χ1) is 5.83. The average Bonchev–Trinajstić information content (AvgIpc) is 2.04. The molecule has 1 N–H and O–H groups in total. The lowest BCUT2D eigenvalue weighted by Crippen LogP contribution is -2.30. The molecule has 0 saturated heterocycles. The Hall–Kier alpha value is 0.340. The van der Waals surface area contributed by atoms with Crippen LogP contribution >= 0.6 is 15.9 Å². The van der Waals surface area contributed by atoms with E-state index in [0.717, 1.165) is 0 Å². The van der Waals surface area contributed by atoms with Gasteiger partial charge in [0.25, 0.3) is 0 Å². The average molecular weight is 294 g/mol. The van der Waals surface area contributed by atoms with Crippen molar-refractivity contribution >= 4 is 35.8 Å². The van der Waals surface area contributed by atoms with Crippen LogP contribution in [0, 0.1) is 0 Å². The minimum absolute atomic E-state index is 0.0308. The van der Waals surface area contributed by atoms with E-state index in [1.165, 1.54) is 6.92 Å². The standard InChI is InChI=1S/C5H12BrNO4S2/c1-2-12(8,9)4-3-7-13(10,11)5-6/h7H,2-5H2,1H3. The topological polar surface area (TPSA) is 80.3 Å². The van der Waals surface area contributed by atoms with Gasteiger partial charge in [0.15, 0.2) is 9.84 Å². The van der Waals surface area contributed by atoms with Crippen LogP contribution in [0.3, 0.4) is 0 Å². The number of alkyl halides is 1. The molecule has 13 heavy (non-hydrogen) atoms. The van der Waals surface area contributed by atoms with Gasteiger partial charge in [0.2, 0.25) is 10.0 Å². The van der Waals surface area contributed by atoms with Crippen LogP contribution in [0.4, 0.5) is 0 Å². The lowest BCUT2D eigenvalue weighted by molar-refractivity contribution is 0.585. The lowest BCUT2D eigenvalue weighted by Gasteiger charge is -2.03. The monoisotopic (exact) mass is 293 g/mol. The molecule has 0 bridgehead atoms. The third-order valence-corrected chi connectivity index (χ3v) is 5.76. The van der Waals surface area contributed by atoms with Gasteiger partial charge in [-0.15, -0.1) is 0 Å². The third-order valence-electron chi connectivity index (χ3n) is 1.32. The Bertz CT molecular complexity index is 300. The summed E-state index contributed by atoms with van der Waals surface area (Å²) in [6, 6.07) is 0. The molecule has 0 aromatic carbocycles. The molecular weight excluding hydrogens is 282 g/mol. The quantitative estimate of drug-likeness (QED) is 0.682. The van der Waals surface area contributed by atoms with Gasteiger partial charge in [0.1, 0.15) is 4.66 Å². The molecular formula is C5H12BrNO4S2. The predicted octanol–water partition coefficient (Wildman–Crippen LogP) is -0.307.